The Labute approximate surface area is 175 Å². The molecular formula is C21H25ClN6O. The fourth-order valence-corrected chi connectivity index (χ4v) is 4.50. The fourth-order valence-electron chi connectivity index (χ4n) is 4.34. The number of aryl methyl sites for hydroxylation is 1. The molecular weight excluding hydrogens is 388 g/mol. The SMILES string of the molecule is CCn1c(CN2CCc3ccccc3C2)nc2c(N3CCOCC3)nc(Cl)nc21. The molecule has 1 aromatic carbocycles. The van der Waals surface area contributed by atoms with Crippen LogP contribution in [0.15, 0.2) is 24.3 Å². The Kier molecular flexibility index (Phi) is 5.11. The highest BCUT2D eigenvalue weighted by Gasteiger charge is 2.24. The summed E-state index contributed by atoms with van der Waals surface area (Å²) in [5, 5.41) is 0.270. The molecule has 3 aromatic rings. The van der Waals surface area contributed by atoms with E-state index in [9.17, 15) is 0 Å². The molecule has 29 heavy (non-hydrogen) atoms. The Bertz CT molecular complexity index is 1030. The van der Waals surface area contributed by atoms with Gasteiger partial charge < -0.3 is 14.2 Å². The largest absolute Gasteiger partial charge is 0.378 e. The van der Waals surface area contributed by atoms with E-state index in [-0.39, 0.29) is 5.28 Å². The summed E-state index contributed by atoms with van der Waals surface area (Å²) in [7, 11) is 0. The van der Waals surface area contributed by atoms with Crippen LogP contribution in [0.3, 0.4) is 0 Å². The lowest BCUT2D eigenvalue weighted by atomic mass is 10.00. The molecule has 5 rings (SSSR count). The predicted molar refractivity (Wildman–Crippen MR) is 113 cm³/mol. The molecule has 0 amide bonds. The van der Waals surface area contributed by atoms with E-state index in [1.165, 1.54) is 11.1 Å². The summed E-state index contributed by atoms with van der Waals surface area (Å²) in [6, 6.07) is 8.71. The molecule has 7 nitrogen and oxygen atoms in total. The Morgan fingerprint density at radius 1 is 1.03 bits per heavy atom. The van der Waals surface area contributed by atoms with Gasteiger partial charge in [0, 0.05) is 32.7 Å². The van der Waals surface area contributed by atoms with Crippen molar-refractivity contribution in [2.75, 3.05) is 37.7 Å². The molecule has 2 aliphatic rings. The molecule has 152 valence electrons. The summed E-state index contributed by atoms with van der Waals surface area (Å²) >= 11 is 6.30. The van der Waals surface area contributed by atoms with E-state index in [1.807, 2.05) is 0 Å². The second-order valence-corrected chi connectivity index (χ2v) is 7.93. The van der Waals surface area contributed by atoms with Crippen LogP contribution in [0.2, 0.25) is 5.28 Å². The summed E-state index contributed by atoms with van der Waals surface area (Å²) in [5.41, 5.74) is 4.53. The van der Waals surface area contributed by atoms with E-state index in [0.29, 0.717) is 13.2 Å². The third kappa shape index (κ3) is 3.58. The molecule has 0 N–H and O–H groups in total. The molecule has 2 aromatic heterocycles. The normalized spacial score (nSPS) is 17.7. The molecule has 1 fully saturated rings. The third-order valence-corrected chi connectivity index (χ3v) is 6.00. The van der Waals surface area contributed by atoms with Crippen LogP contribution in [0.4, 0.5) is 5.82 Å². The van der Waals surface area contributed by atoms with Crippen molar-refractivity contribution < 1.29 is 4.74 Å². The first-order chi connectivity index (χ1) is 14.2. The smallest absolute Gasteiger partial charge is 0.226 e. The standard InChI is InChI=1S/C21H25ClN6O/c1-2-28-17(14-26-8-7-15-5-3-4-6-16(15)13-26)23-18-19(24-21(22)25-20(18)28)27-9-11-29-12-10-27/h3-6H,2,7-14H2,1H3. The van der Waals surface area contributed by atoms with E-state index in [0.717, 1.165) is 68.5 Å². The summed E-state index contributed by atoms with van der Waals surface area (Å²) in [6.07, 6.45) is 1.08. The number of hydrogen-bond donors (Lipinski definition) is 0. The highest BCUT2D eigenvalue weighted by molar-refractivity contribution is 6.28. The first-order valence-electron chi connectivity index (χ1n) is 10.3. The first kappa shape index (κ1) is 18.8. The van der Waals surface area contributed by atoms with Crippen molar-refractivity contribution in [2.24, 2.45) is 0 Å². The van der Waals surface area contributed by atoms with Crippen molar-refractivity contribution >= 4 is 28.6 Å². The van der Waals surface area contributed by atoms with E-state index < -0.39 is 0 Å². The number of halogens is 1. The number of nitrogens with zero attached hydrogens (tertiary/aromatic N) is 6. The zero-order valence-electron chi connectivity index (χ0n) is 16.6. The van der Waals surface area contributed by atoms with Crippen LogP contribution in [-0.2, 0) is 30.8 Å². The lowest BCUT2D eigenvalue weighted by Gasteiger charge is -2.28. The van der Waals surface area contributed by atoms with Gasteiger partial charge in [0.15, 0.2) is 17.0 Å². The molecule has 0 aliphatic carbocycles. The molecule has 4 heterocycles. The van der Waals surface area contributed by atoms with Crippen molar-refractivity contribution in [1.82, 2.24) is 24.4 Å². The fraction of sp³-hybridized carbons (Fsp3) is 0.476. The average molecular weight is 413 g/mol. The zero-order valence-corrected chi connectivity index (χ0v) is 17.4. The minimum absolute atomic E-state index is 0.270. The number of morpholine rings is 1. The minimum Gasteiger partial charge on any atom is -0.378 e. The first-order valence-corrected chi connectivity index (χ1v) is 10.6. The van der Waals surface area contributed by atoms with Gasteiger partial charge in [0.1, 0.15) is 5.82 Å². The highest BCUT2D eigenvalue weighted by Crippen LogP contribution is 2.28. The van der Waals surface area contributed by atoms with Gasteiger partial charge in [0.25, 0.3) is 0 Å². The summed E-state index contributed by atoms with van der Waals surface area (Å²) < 4.78 is 7.67. The molecule has 0 atom stereocenters. The maximum atomic E-state index is 6.30. The van der Waals surface area contributed by atoms with Crippen molar-refractivity contribution in [2.45, 2.75) is 33.0 Å². The second-order valence-electron chi connectivity index (χ2n) is 7.59. The van der Waals surface area contributed by atoms with Crippen LogP contribution < -0.4 is 4.90 Å². The average Bonchev–Trinajstić information content (AvgIpc) is 3.10. The number of ether oxygens (including phenoxy) is 1. The van der Waals surface area contributed by atoms with Gasteiger partial charge in [-0.1, -0.05) is 24.3 Å². The van der Waals surface area contributed by atoms with Gasteiger partial charge in [-0.3, -0.25) is 4.90 Å². The Morgan fingerprint density at radius 3 is 2.62 bits per heavy atom. The van der Waals surface area contributed by atoms with Crippen molar-refractivity contribution in [1.29, 1.82) is 0 Å². The molecule has 0 bridgehead atoms. The molecule has 8 heteroatoms. The Hall–Kier alpha value is -2.22. The van der Waals surface area contributed by atoms with E-state index in [4.69, 9.17) is 21.3 Å². The van der Waals surface area contributed by atoms with Crippen LogP contribution in [0.5, 0.6) is 0 Å². The predicted octanol–water partition coefficient (Wildman–Crippen LogP) is 2.89. The number of anilines is 1. The van der Waals surface area contributed by atoms with Crippen LogP contribution in [0, 0.1) is 0 Å². The Balaban J connectivity index is 1.49. The summed E-state index contributed by atoms with van der Waals surface area (Å²) in [5.74, 6) is 1.84. The molecule has 0 unspecified atom stereocenters. The van der Waals surface area contributed by atoms with Crippen molar-refractivity contribution in [3.05, 3.63) is 46.5 Å². The number of rotatable bonds is 4. The topological polar surface area (TPSA) is 59.3 Å². The maximum absolute atomic E-state index is 6.30. The van der Waals surface area contributed by atoms with Gasteiger partial charge in [0.2, 0.25) is 5.28 Å². The summed E-state index contributed by atoms with van der Waals surface area (Å²) in [6.45, 7) is 8.67. The second kappa shape index (κ2) is 7.89. The molecule has 0 radical (unpaired) electrons. The maximum Gasteiger partial charge on any atom is 0.226 e. The van der Waals surface area contributed by atoms with Crippen molar-refractivity contribution in [3.63, 3.8) is 0 Å². The lowest BCUT2D eigenvalue weighted by Crippen LogP contribution is -2.37. The van der Waals surface area contributed by atoms with Gasteiger partial charge in [-0.2, -0.15) is 9.97 Å². The van der Waals surface area contributed by atoms with E-state index in [2.05, 4.69) is 55.5 Å². The number of imidazole rings is 1. The quantitative estimate of drug-likeness (QED) is 0.614. The van der Waals surface area contributed by atoms with Gasteiger partial charge in [-0.25, -0.2) is 4.98 Å². The van der Waals surface area contributed by atoms with Crippen LogP contribution in [0.25, 0.3) is 11.2 Å². The molecule has 0 spiro atoms. The van der Waals surface area contributed by atoms with Crippen LogP contribution in [-0.4, -0.2) is 57.3 Å². The minimum atomic E-state index is 0.270. The number of aromatic nitrogens is 4. The van der Waals surface area contributed by atoms with Gasteiger partial charge in [-0.15, -0.1) is 0 Å². The zero-order chi connectivity index (χ0) is 19.8. The lowest BCUT2D eigenvalue weighted by molar-refractivity contribution is 0.122. The van der Waals surface area contributed by atoms with E-state index >= 15 is 0 Å². The monoisotopic (exact) mass is 412 g/mol. The van der Waals surface area contributed by atoms with Gasteiger partial charge in [0.05, 0.1) is 19.8 Å². The molecule has 1 saturated heterocycles. The number of hydrogen-bond acceptors (Lipinski definition) is 6. The van der Waals surface area contributed by atoms with Crippen LogP contribution in [0.1, 0.15) is 23.9 Å². The Morgan fingerprint density at radius 2 is 1.83 bits per heavy atom. The summed E-state index contributed by atoms with van der Waals surface area (Å²) in [4.78, 5) is 18.7. The van der Waals surface area contributed by atoms with Gasteiger partial charge in [-0.05, 0) is 36.1 Å². The number of benzene rings is 1. The van der Waals surface area contributed by atoms with Crippen LogP contribution >= 0.6 is 11.6 Å². The van der Waals surface area contributed by atoms with E-state index in [1.54, 1.807) is 0 Å². The highest BCUT2D eigenvalue weighted by atomic mass is 35.5. The number of fused-ring (bicyclic) bond motifs is 2. The molecule has 2 aliphatic heterocycles. The van der Waals surface area contributed by atoms with Crippen molar-refractivity contribution in [3.8, 4) is 0 Å². The van der Waals surface area contributed by atoms with Gasteiger partial charge >= 0.3 is 0 Å². The molecule has 0 saturated carbocycles. The third-order valence-electron chi connectivity index (χ3n) is 5.83.